The van der Waals surface area contributed by atoms with Crippen LogP contribution in [0.4, 0.5) is 0 Å². The van der Waals surface area contributed by atoms with Crippen LogP contribution >= 0.6 is 0 Å². The molecule has 0 heterocycles. The molecule has 1 atom stereocenters. The SMILES string of the molecule is CC\C=C/C=C\C=C/C=C\C=C\C=C/C=C\CCCCCC(=O)OCC(COC(=O)CCC/C=C\C/C=C\C/C=C\CCCCCCCC)OC(=O)CCCCCCC\C=C/C=C\C=C/C=C\C=C/CCC. The summed E-state index contributed by atoms with van der Waals surface area (Å²) in [5.74, 6) is -1.07. The lowest BCUT2D eigenvalue weighted by Crippen LogP contribution is -2.30. The van der Waals surface area contributed by atoms with Gasteiger partial charge < -0.3 is 14.2 Å². The fourth-order valence-corrected chi connectivity index (χ4v) is 6.76. The Hall–Kier alpha value is -5.49. The summed E-state index contributed by atoms with van der Waals surface area (Å²) in [6.45, 7) is 6.26. The normalized spacial score (nSPS) is 13.5. The van der Waals surface area contributed by atoms with Gasteiger partial charge in [-0.15, -0.1) is 0 Å². The molecule has 0 fully saturated rings. The van der Waals surface area contributed by atoms with Crippen molar-refractivity contribution in [3.63, 3.8) is 0 Å². The van der Waals surface area contributed by atoms with Gasteiger partial charge in [0.25, 0.3) is 0 Å². The van der Waals surface area contributed by atoms with Gasteiger partial charge in [-0.1, -0.05) is 267 Å². The molecular weight excluding hydrogens is 889 g/mol. The van der Waals surface area contributed by atoms with Crippen molar-refractivity contribution in [3.8, 4) is 0 Å². The summed E-state index contributed by atoms with van der Waals surface area (Å²) < 4.78 is 16.7. The second kappa shape index (κ2) is 58.1. The van der Waals surface area contributed by atoms with Crippen molar-refractivity contribution in [3.05, 3.63) is 182 Å². The number of carbonyl (C=O) groups excluding carboxylic acids is 3. The van der Waals surface area contributed by atoms with Gasteiger partial charge >= 0.3 is 17.9 Å². The van der Waals surface area contributed by atoms with E-state index < -0.39 is 6.10 Å². The molecule has 1 unspecified atom stereocenters. The third-order valence-corrected chi connectivity index (χ3v) is 10.9. The van der Waals surface area contributed by atoms with Crippen molar-refractivity contribution in [2.75, 3.05) is 13.2 Å². The maximum Gasteiger partial charge on any atom is 0.306 e. The number of rotatable bonds is 47. The van der Waals surface area contributed by atoms with Crippen LogP contribution in [0.1, 0.15) is 194 Å². The van der Waals surface area contributed by atoms with Gasteiger partial charge in [-0.3, -0.25) is 14.4 Å². The zero-order chi connectivity index (χ0) is 52.2. The smallest absolute Gasteiger partial charge is 0.306 e. The van der Waals surface area contributed by atoms with Crippen LogP contribution in [0, 0.1) is 0 Å². The van der Waals surface area contributed by atoms with Crippen LogP contribution in [-0.4, -0.2) is 37.2 Å². The van der Waals surface area contributed by atoms with Crippen LogP contribution < -0.4 is 0 Å². The number of unbranched alkanes of at least 4 members (excludes halogenated alkanes) is 16. The van der Waals surface area contributed by atoms with Crippen LogP contribution in [0.5, 0.6) is 0 Å². The molecule has 0 aromatic heterocycles. The first-order valence-electron chi connectivity index (χ1n) is 28.0. The molecule has 0 spiro atoms. The summed E-state index contributed by atoms with van der Waals surface area (Å²) in [7, 11) is 0. The Morgan fingerprint density at radius 2 is 0.639 bits per heavy atom. The van der Waals surface area contributed by atoms with Gasteiger partial charge in [-0.05, 0) is 89.9 Å². The number of allylic oxidation sites excluding steroid dienone is 30. The van der Waals surface area contributed by atoms with E-state index >= 15 is 0 Å². The molecule has 0 aliphatic rings. The lowest BCUT2D eigenvalue weighted by atomic mass is 10.1. The van der Waals surface area contributed by atoms with Gasteiger partial charge in [-0.25, -0.2) is 0 Å². The van der Waals surface area contributed by atoms with Gasteiger partial charge in [0.15, 0.2) is 6.10 Å². The molecule has 0 aromatic rings. The minimum atomic E-state index is -0.843. The minimum Gasteiger partial charge on any atom is -0.462 e. The summed E-state index contributed by atoms with van der Waals surface area (Å²) in [5.41, 5.74) is 0. The Morgan fingerprint density at radius 1 is 0.306 bits per heavy atom. The molecular formula is C66H98O6. The van der Waals surface area contributed by atoms with Crippen molar-refractivity contribution in [2.24, 2.45) is 0 Å². The van der Waals surface area contributed by atoms with E-state index in [-0.39, 0.29) is 50.4 Å². The van der Waals surface area contributed by atoms with Gasteiger partial charge in [0.05, 0.1) is 0 Å². The Kier molecular flexibility index (Phi) is 53.7. The summed E-state index contributed by atoms with van der Waals surface area (Å²) in [4.78, 5) is 38.1. The third kappa shape index (κ3) is 55.4. The first kappa shape index (κ1) is 66.5. The molecule has 6 heteroatoms. The summed E-state index contributed by atoms with van der Waals surface area (Å²) >= 11 is 0. The topological polar surface area (TPSA) is 78.9 Å². The molecule has 0 aromatic carbocycles. The molecule has 0 aliphatic carbocycles. The molecule has 0 N–H and O–H groups in total. The first-order chi connectivity index (χ1) is 35.5. The molecule has 0 saturated carbocycles. The highest BCUT2D eigenvalue weighted by molar-refractivity contribution is 5.71. The summed E-state index contributed by atoms with van der Waals surface area (Å²) in [6, 6.07) is 0. The summed E-state index contributed by atoms with van der Waals surface area (Å²) in [6.07, 6.45) is 87.3. The maximum atomic E-state index is 12.9. The molecule has 0 amide bonds. The number of esters is 3. The number of hydrogen-bond acceptors (Lipinski definition) is 6. The highest BCUT2D eigenvalue weighted by Crippen LogP contribution is 2.12. The zero-order valence-electron chi connectivity index (χ0n) is 45.4. The Morgan fingerprint density at radius 3 is 1.10 bits per heavy atom. The van der Waals surface area contributed by atoms with Crippen LogP contribution in [0.15, 0.2) is 182 Å². The highest BCUT2D eigenvalue weighted by Gasteiger charge is 2.19. The fraction of sp³-hybridized carbons (Fsp3) is 0.500. The van der Waals surface area contributed by atoms with Gasteiger partial charge in [0.1, 0.15) is 13.2 Å². The largest absolute Gasteiger partial charge is 0.462 e. The van der Waals surface area contributed by atoms with Crippen molar-refractivity contribution in [2.45, 2.75) is 200 Å². The Balaban J connectivity index is 4.68. The molecule has 0 rings (SSSR count). The minimum absolute atomic E-state index is 0.139. The Bertz CT molecular complexity index is 1750. The van der Waals surface area contributed by atoms with Gasteiger partial charge in [0.2, 0.25) is 0 Å². The van der Waals surface area contributed by atoms with Crippen molar-refractivity contribution in [1.82, 2.24) is 0 Å². The molecule has 0 aliphatic heterocycles. The van der Waals surface area contributed by atoms with Gasteiger partial charge in [0, 0.05) is 19.3 Å². The highest BCUT2D eigenvalue weighted by atomic mass is 16.6. The van der Waals surface area contributed by atoms with E-state index in [2.05, 4.69) is 93.7 Å². The van der Waals surface area contributed by atoms with E-state index in [1.807, 2.05) is 109 Å². The first-order valence-corrected chi connectivity index (χ1v) is 28.0. The maximum absolute atomic E-state index is 12.9. The lowest BCUT2D eigenvalue weighted by molar-refractivity contribution is -0.167. The van der Waals surface area contributed by atoms with E-state index in [0.29, 0.717) is 19.3 Å². The fourth-order valence-electron chi connectivity index (χ4n) is 6.76. The number of ether oxygens (including phenoxy) is 3. The van der Waals surface area contributed by atoms with Gasteiger partial charge in [-0.2, -0.15) is 0 Å². The van der Waals surface area contributed by atoms with Crippen LogP contribution in [0.3, 0.4) is 0 Å². The average molecular weight is 988 g/mol. The van der Waals surface area contributed by atoms with Crippen LogP contribution in [-0.2, 0) is 28.6 Å². The predicted octanol–water partition coefficient (Wildman–Crippen LogP) is 18.9. The standard InChI is InChI=1S/C66H98O6/c1-4-7-10-13-16-19-22-25-28-31-33-36-38-41-44-47-50-53-56-59-65(68)71-62-63(61-70-64(67)58-55-52-49-46-43-40-37-34-30-27-24-21-18-15-12-9-6-3)72-66(69)60-57-54-51-48-45-42-39-35-32-29-26-23-20-17-14-11-8-5-2/h7,10-11,13-14,16-17,19-20,22-23,25-33,35-41,44,46,49,63H,4-6,8-9,12,15,18,21,24,34,42-43,45,47-48,50-62H2,1-3H3/b10-7-,14-11-,16-13-,20-17-,22-19-,26-23-,28-25-,30-27-,32-29-,33-31+,38-36-,39-35-,40-37-,44-41-,49-46-. The van der Waals surface area contributed by atoms with E-state index in [1.165, 1.54) is 51.4 Å². The molecule has 72 heavy (non-hydrogen) atoms. The Labute approximate surface area is 440 Å². The van der Waals surface area contributed by atoms with E-state index in [1.54, 1.807) is 0 Å². The van der Waals surface area contributed by atoms with E-state index in [0.717, 1.165) is 83.5 Å². The molecule has 398 valence electrons. The number of carbonyl (C=O) groups is 3. The zero-order valence-corrected chi connectivity index (χ0v) is 45.4. The number of hydrogen-bond donors (Lipinski definition) is 0. The molecule has 0 radical (unpaired) electrons. The predicted molar refractivity (Wildman–Crippen MR) is 311 cm³/mol. The average Bonchev–Trinajstić information content (AvgIpc) is 3.38. The van der Waals surface area contributed by atoms with Crippen molar-refractivity contribution in [1.29, 1.82) is 0 Å². The summed E-state index contributed by atoms with van der Waals surface area (Å²) in [5, 5.41) is 0. The third-order valence-electron chi connectivity index (χ3n) is 10.9. The quantitative estimate of drug-likeness (QED) is 0.0199. The second-order valence-electron chi connectivity index (χ2n) is 17.7. The van der Waals surface area contributed by atoms with Crippen molar-refractivity contribution < 1.29 is 28.6 Å². The van der Waals surface area contributed by atoms with E-state index in [9.17, 15) is 14.4 Å². The van der Waals surface area contributed by atoms with E-state index in [4.69, 9.17) is 14.2 Å². The molecule has 0 saturated heterocycles. The monoisotopic (exact) mass is 987 g/mol. The molecule has 6 nitrogen and oxygen atoms in total. The molecule has 0 bridgehead atoms. The van der Waals surface area contributed by atoms with Crippen LogP contribution in [0.2, 0.25) is 0 Å². The van der Waals surface area contributed by atoms with Crippen molar-refractivity contribution >= 4 is 17.9 Å². The lowest BCUT2D eigenvalue weighted by Gasteiger charge is -2.18. The van der Waals surface area contributed by atoms with Crippen LogP contribution in [0.25, 0.3) is 0 Å². The second-order valence-corrected chi connectivity index (χ2v) is 17.7.